The molecule has 0 radical (unpaired) electrons. The van der Waals surface area contributed by atoms with E-state index in [4.69, 9.17) is 56.8 Å². The van der Waals surface area contributed by atoms with Crippen molar-refractivity contribution in [3.63, 3.8) is 0 Å². The SMILES string of the molecule is CC1OC(OC2C(OC3COC(OC4C(O)C(C)OC(OC(=O)C56CCC(C)(C)CC5C5=CCC7C8(C)CC(O)C(OC9OC(CO)C(O)C(OC%10OC(CO)C(O)C(O)C%10O)C9O)C(C)(O)C8CCC7(C)C5(C)CC6O)C4O)C(O)C3O)OC(C)C(O)C2O)C(O)C(O)C1O. The van der Waals surface area contributed by atoms with Crippen molar-refractivity contribution in [3.05, 3.63) is 11.6 Å². The van der Waals surface area contributed by atoms with Gasteiger partial charge < -0.3 is 154 Å². The van der Waals surface area contributed by atoms with Gasteiger partial charge in [0.1, 0.15) is 134 Å². The Morgan fingerprint density at radius 3 is 1.67 bits per heavy atom. The van der Waals surface area contributed by atoms with Gasteiger partial charge in [-0.25, -0.2) is 0 Å². The van der Waals surface area contributed by atoms with E-state index in [0.717, 1.165) is 5.57 Å². The van der Waals surface area contributed by atoms with Gasteiger partial charge in [-0.3, -0.25) is 4.79 Å². The van der Waals surface area contributed by atoms with Gasteiger partial charge in [0.05, 0.1) is 55.9 Å². The van der Waals surface area contributed by atoms with Crippen LogP contribution >= 0.6 is 0 Å². The summed E-state index contributed by atoms with van der Waals surface area (Å²) in [5.74, 6) is -2.36. The van der Waals surface area contributed by atoms with Crippen LogP contribution < -0.4 is 0 Å². The minimum atomic E-state index is -1.98. The van der Waals surface area contributed by atoms with Crippen molar-refractivity contribution in [3.8, 4) is 0 Å². The molecule has 0 bridgehead atoms. The van der Waals surface area contributed by atoms with E-state index in [0.29, 0.717) is 32.1 Å². The Bertz CT molecular complexity index is 2730. The lowest BCUT2D eigenvalue weighted by molar-refractivity contribution is -0.382. The molecule has 19 N–H and O–H groups in total. The van der Waals surface area contributed by atoms with Gasteiger partial charge in [-0.05, 0) is 118 Å². The molecule has 5 aliphatic carbocycles. The summed E-state index contributed by atoms with van der Waals surface area (Å²) in [5.41, 5.74) is -5.20. The third kappa shape index (κ3) is 12.5. The smallest absolute Gasteiger partial charge is 0.317 e. The molecule has 6 saturated heterocycles. The third-order valence-corrected chi connectivity index (χ3v) is 24.8. The average Bonchev–Trinajstić information content (AvgIpc) is 0.670. The fourth-order valence-electron chi connectivity index (χ4n) is 18.8. The number of esters is 1. The summed E-state index contributed by atoms with van der Waals surface area (Å²) in [6.45, 7) is 14.0. The largest absolute Gasteiger partial charge is 0.432 e. The number of allylic oxidation sites excluding steroid dienone is 2. The molecule has 40 unspecified atom stereocenters. The number of hydrogen-bond donors (Lipinski definition) is 19. The summed E-state index contributed by atoms with van der Waals surface area (Å²) >= 11 is 0. The molecule has 0 aromatic carbocycles. The minimum absolute atomic E-state index is 0.0600. The van der Waals surface area contributed by atoms with E-state index in [-0.39, 0.29) is 30.6 Å². The quantitative estimate of drug-likeness (QED) is 0.0437. The zero-order valence-electron chi connectivity index (χ0n) is 55.4. The highest BCUT2D eigenvalue weighted by Gasteiger charge is 2.74. The second-order valence-corrected chi connectivity index (χ2v) is 31.1. The molecule has 552 valence electrons. The summed E-state index contributed by atoms with van der Waals surface area (Å²) in [5, 5.41) is 213. The number of hydrogen-bond acceptors (Lipinski definition) is 32. The number of aliphatic hydroxyl groups excluding tert-OH is 18. The fraction of sp³-hybridized carbons (Fsp3) is 0.953. The van der Waals surface area contributed by atoms with Gasteiger partial charge in [-0.15, -0.1) is 0 Å². The number of aliphatic hydroxyl groups is 19. The molecule has 0 aromatic rings. The van der Waals surface area contributed by atoms with E-state index in [2.05, 4.69) is 33.8 Å². The molecule has 4 saturated carbocycles. The first kappa shape index (κ1) is 75.2. The maximum absolute atomic E-state index is 15.4. The van der Waals surface area contributed by atoms with Gasteiger partial charge in [0, 0.05) is 0 Å². The Kier molecular flexibility index (Phi) is 21.6. The van der Waals surface area contributed by atoms with Crippen LogP contribution in [0.15, 0.2) is 11.6 Å². The first-order valence-corrected chi connectivity index (χ1v) is 33.7. The van der Waals surface area contributed by atoms with Gasteiger partial charge in [-0.1, -0.05) is 46.3 Å². The zero-order chi connectivity index (χ0) is 70.3. The molecule has 0 aromatic heterocycles. The van der Waals surface area contributed by atoms with Crippen molar-refractivity contribution in [2.75, 3.05) is 19.8 Å². The van der Waals surface area contributed by atoms with Gasteiger partial charge >= 0.3 is 5.97 Å². The first-order valence-electron chi connectivity index (χ1n) is 33.7. The summed E-state index contributed by atoms with van der Waals surface area (Å²) in [7, 11) is 0. The number of carbonyl (C=O) groups is 1. The van der Waals surface area contributed by atoms with E-state index in [1.54, 1.807) is 0 Å². The molecular weight excluding hydrogens is 1280 g/mol. The first-order chi connectivity index (χ1) is 44.8. The topological polar surface area (TPSA) is 512 Å². The monoisotopic (exact) mass is 1380 g/mol. The van der Waals surface area contributed by atoms with Crippen molar-refractivity contribution in [1.82, 2.24) is 0 Å². The second kappa shape index (κ2) is 27.6. The van der Waals surface area contributed by atoms with Crippen LogP contribution in [-0.2, 0) is 61.6 Å². The molecule has 6 aliphatic heterocycles. The Hall–Kier alpha value is -1.99. The lowest BCUT2D eigenvalue weighted by Gasteiger charge is -2.71. The van der Waals surface area contributed by atoms with Crippen LogP contribution in [0.4, 0.5) is 0 Å². The maximum Gasteiger partial charge on any atom is 0.317 e. The average molecular weight is 1390 g/mol. The van der Waals surface area contributed by atoms with Crippen LogP contribution in [-0.4, -0.2) is 325 Å². The molecule has 32 heteroatoms. The van der Waals surface area contributed by atoms with Crippen LogP contribution in [0.5, 0.6) is 0 Å². The zero-order valence-corrected chi connectivity index (χ0v) is 55.4. The van der Waals surface area contributed by atoms with Crippen molar-refractivity contribution >= 4 is 5.97 Å². The Balaban J connectivity index is 0.778. The molecule has 96 heavy (non-hydrogen) atoms. The molecule has 11 aliphatic rings. The lowest BCUT2D eigenvalue weighted by Crippen LogP contribution is -2.72. The van der Waals surface area contributed by atoms with E-state index in [1.807, 2.05) is 6.92 Å². The molecule has 10 fully saturated rings. The molecule has 32 nitrogen and oxygen atoms in total. The predicted octanol–water partition coefficient (Wildman–Crippen LogP) is -6.00. The number of carbonyl (C=O) groups excluding carboxylic acids is 1. The van der Waals surface area contributed by atoms with E-state index in [9.17, 15) is 97.0 Å². The number of ether oxygens (including phenoxy) is 12. The van der Waals surface area contributed by atoms with Crippen molar-refractivity contribution in [2.45, 2.75) is 316 Å². The highest BCUT2D eigenvalue weighted by Crippen LogP contribution is 2.75. The number of fused-ring (bicyclic) bond motifs is 7. The van der Waals surface area contributed by atoms with Crippen LogP contribution in [0.2, 0.25) is 0 Å². The number of rotatable bonds is 14. The molecular formula is C64H104O32. The second-order valence-electron chi connectivity index (χ2n) is 31.1. The van der Waals surface area contributed by atoms with Crippen LogP contribution in [0.3, 0.4) is 0 Å². The van der Waals surface area contributed by atoms with Crippen molar-refractivity contribution in [1.29, 1.82) is 0 Å². The third-order valence-electron chi connectivity index (χ3n) is 24.8. The van der Waals surface area contributed by atoms with Crippen molar-refractivity contribution < 1.29 is 159 Å². The molecule has 6 heterocycles. The van der Waals surface area contributed by atoms with Crippen LogP contribution in [0, 0.1) is 44.8 Å². The van der Waals surface area contributed by atoms with Gasteiger partial charge in [0.15, 0.2) is 31.5 Å². The highest BCUT2D eigenvalue weighted by atomic mass is 16.8. The molecule has 0 spiro atoms. The maximum atomic E-state index is 15.4. The van der Waals surface area contributed by atoms with E-state index >= 15 is 4.79 Å². The van der Waals surface area contributed by atoms with Gasteiger partial charge in [-0.2, -0.15) is 0 Å². The van der Waals surface area contributed by atoms with E-state index < -0.39 is 261 Å². The molecule has 11 rings (SSSR count). The Labute approximate surface area is 555 Å². The Morgan fingerprint density at radius 1 is 0.500 bits per heavy atom. The van der Waals surface area contributed by atoms with E-state index in [1.165, 1.54) is 27.7 Å². The van der Waals surface area contributed by atoms with Crippen LogP contribution in [0.25, 0.3) is 0 Å². The minimum Gasteiger partial charge on any atom is -0.432 e. The summed E-state index contributed by atoms with van der Waals surface area (Å²) in [6.07, 6.45) is -48.1. The highest BCUT2D eigenvalue weighted by molar-refractivity contribution is 5.80. The normalized spacial score (nSPS) is 56.7. The standard InChI is InChI=1S/C64H104O32/c1-22-34(69)40(75)44(79)53(86-22)94-50-42(77)35(70)23(2)88-57(50)91-30-21-85-52(43(78)38(30)73)92-48-36(71)24(3)87-55(46(48)81)96-58(83)64-15-14-59(4,5)16-26(64)25-10-11-31-60(6)17-27(67)51(63(9,84)32(60)12-13-61(31,7)62(25,8)18-33(64)68)95-56-47(82)49(39(74)29(20-66)90-56)93-54-45(80)41(76)37(72)28(19-65)89-54/h10,22-24,26-57,65-82,84H,11-21H2,1-9H3. The van der Waals surface area contributed by atoms with Gasteiger partial charge in [0.25, 0.3) is 0 Å². The predicted molar refractivity (Wildman–Crippen MR) is 317 cm³/mol. The molecule has 40 atom stereocenters. The summed E-state index contributed by atoms with van der Waals surface area (Å²) in [4.78, 5) is 15.4. The fourth-order valence-corrected chi connectivity index (χ4v) is 18.8. The Morgan fingerprint density at radius 2 is 1.02 bits per heavy atom. The van der Waals surface area contributed by atoms with Crippen LogP contribution in [0.1, 0.15) is 114 Å². The summed E-state index contributed by atoms with van der Waals surface area (Å²) in [6, 6.07) is 0. The summed E-state index contributed by atoms with van der Waals surface area (Å²) < 4.78 is 70.7. The van der Waals surface area contributed by atoms with Gasteiger partial charge in [0.2, 0.25) is 6.29 Å². The molecule has 0 amide bonds. The van der Waals surface area contributed by atoms with Crippen molar-refractivity contribution in [2.24, 2.45) is 44.8 Å². The lowest BCUT2D eigenvalue weighted by atomic mass is 9.33.